The summed E-state index contributed by atoms with van der Waals surface area (Å²) in [7, 11) is 0. The quantitative estimate of drug-likeness (QED) is 0.780. The van der Waals surface area contributed by atoms with Crippen molar-refractivity contribution in [1.29, 1.82) is 0 Å². The van der Waals surface area contributed by atoms with E-state index in [9.17, 15) is 4.79 Å². The summed E-state index contributed by atoms with van der Waals surface area (Å²) >= 11 is 0. The van der Waals surface area contributed by atoms with Crippen molar-refractivity contribution in [3.8, 4) is 0 Å². The largest absolute Gasteiger partial charge is 0.455 e. The topological polar surface area (TPSA) is 76.7 Å². The molecule has 1 aromatic carbocycles. The molecule has 0 fully saturated rings. The number of amidine groups is 1. The van der Waals surface area contributed by atoms with Crippen molar-refractivity contribution < 1.29 is 9.53 Å². The van der Waals surface area contributed by atoms with Gasteiger partial charge in [-0.05, 0) is 17.7 Å². The molecule has 0 spiro atoms. The zero-order valence-electron chi connectivity index (χ0n) is 8.93. The molecule has 1 heterocycles. The highest BCUT2D eigenvalue weighted by Crippen LogP contribution is 2.23. The lowest BCUT2D eigenvalue weighted by atomic mass is 10.1. The molecule has 1 aliphatic rings. The van der Waals surface area contributed by atoms with Crippen LogP contribution in [0.2, 0.25) is 0 Å². The number of rotatable bonds is 2. The van der Waals surface area contributed by atoms with E-state index in [1.54, 1.807) is 0 Å². The predicted octanol–water partition coefficient (Wildman–Crippen LogP) is 1.03. The Morgan fingerprint density at radius 3 is 2.69 bits per heavy atom. The van der Waals surface area contributed by atoms with Crippen LogP contribution in [-0.2, 0) is 9.53 Å². The minimum atomic E-state index is -0.105. The van der Waals surface area contributed by atoms with E-state index in [1.165, 1.54) is 6.92 Å². The molecule has 5 heteroatoms. The summed E-state index contributed by atoms with van der Waals surface area (Å²) in [5.74, 6) is -0.0857. The second-order valence-electron chi connectivity index (χ2n) is 3.59. The van der Waals surface area contributed by atoms with Crippen LogP contribution in [0.3, 0.4) is 0 Å². The number of carbonyl (C=O) groups excluding carboxylic acids is 1. The number of nitrogens with one attached hydrogen (secondary N) is 1. The fraction of sp³-hybridized carbons (Fsp3) is 0.273. The second-order valence-corrected chi connectivity index (χ2v) is 3.59. The average molecular weight is 219 g/mol. The zero-order valence-corrected chi connectivity index (χ0v) is 8.93. The number of nitrogens with two attached hydrogens (primary N) is 1. The average Bonchev–Trinajstić information content (AvgIpc) is 2.65. The van der Waals surface area contributed by atoms with Crippen molar-refractivity contribution in [1.82, 2.24) is 0 Å². The molecule has 1 atom stereocenters. The molecule has 0 radical (unpaired) electrons. The Morgan fingerprint density at radius 2 is 2.19 bits per heavy atom. The Labute approximate surface area is 93.3 Å². The summed E-state index contributed by atoms with van der Waals surface area (Å²) in [5.41, 5.74) is 7.19. The lowest BCUT2D eigenvalue weighted by Crippen LogP contribution is -2.13. The SMILES string of the molecule is CC(=O)Nc1ccc(C2CN=C(N)O2)cc1. The molecule has 84 valence electrons. The van der Waals surface area contributed by atoms with Gasteiger partial charge in [-0.1, -0.05) is 12.1 Å². The number of aliphatic imine (C=N–C) groups is 1. The smallest absolute Gasteiger partial charge is 0.282 e. The number of nitrogens with zero attached hydrogens (tertiary/aromatic N) is 1. The fourth-order valence-corrected chi connectivity index (χ4v) is 1.55. The van der Waals surface area contributed by atoms with Gasteiger partial charge in [0.25, 0.3) is 6.02 Å². The molecule has 2 rings (SSSR count). The highest BCUT2D eigenvalue weighted by atomic mass is 16.5. The molecule has 0 aliphatic carbocycles. The maximum atomic E-state index is 10.8. The molecule has 1 amide bonds. The van der Waals surface area contributed by atoms with Crippen molar-refractivity contribution in [3.63, 3.8) is 0 Å². The van der Waals surface area contributed by atoms with Crippen molar-refractivity contribution >= 4 is 17.6 Å². The van der Waals surface area contributed by atoms with Gasteiger partial charge in [-0.25, -0.2) is 4.99 Å². The first-order chi connectivity index (χ1) is 7.65. The molecule has 0 saturated heterocycles. The van der Waals surface area contributed by atoms with Crippen molar-refractivity contribution in [3.05, 3.63) is 29.8 Å². The molecule has 0 bridgehead atoms. The third kappa shape index (κ3) is 2.31. The van der Waals surface area contributed by atoms with Gasteiger partial charge in [0.2, 0.25) is 5.91 Å². The molecule has 1 aliphatic heterocycles. The van der Waals surface area contributed by atoms with Gasteiger partial charge < -0.3 is 15.8 Å². The third-order valence-corrected chi connectivity index (χ3v) is 2.28. The summed E-state index contributed by atoms with van der Waals surface area (Å²) in [6, 6.07) is 7.67. The molecular weight excluding hydrogens is 206 g/mol. The number of ether oxygens (including phenoxy) is 1. The van der Waals surface area contributed by atoms with Crippen molar-refractivity contribution in [2.45, 2.75) is 13.0 Å². The van der Waals surface area contributed by atoms with Gasteiger partial charge in [0, 0.05) is 12.6 Å². The number of hydrogen-bond acceptors (Lipinski definition) is 4. The van der Waals surface area contributed by atoms with Crippen LogP contribution in [0, 0.1) is 0 Å². The van der Waals surface area contributed by atoms with Crippen LogP contribution in [0.15, 0.2) is 29.3 Å². The maximum Gasteiger partial charge on any atom is 0.282 e. The van der Waals surface area contributed by atoms with Crippen LogP contribution in [0.1, 0.15) is 18.6 Å². The number of anilines is 1. The highest BCUT2D eigenvalue weighted by Gasteiger charge is 2.19. The van der Waals surface area contributed by atoms with Gasteiger partial charge in [0.1, 0.15) is 6.10 Å². The van der Waals surface area contributed by atoms with E-state index >= 15 is 0 Å². The monoisotopic (exact) mass is 219 g/mol. The van der Waals surface area contributed by atoms with Crippen LogP contribution in [0.4, 0.5) is 5.69 Å². The van der Waals surface area contributed by atoms with Gasteiger partial charge in [-0.15, -0.1) is 0 Å². The molecule has 0 aromatic heterocycles. The van der Waals surface area contributed by atoms with Gasteiger partial charge >= 0.3 is 0 Å². The molecule has 1 unspecified atom stereocenters. The normalized spacial score (nSPS) is 18.8. The van der Waals surface area contributed by atoms with Gasteiger partial charge in [0.15, 0.2) is 0 Å². The minimum Gasteiger partial charge on any atom is -0.455 e. The van der Waals surface area contributed by atoms with Gasteiger partial charge in [0.05, 0.1) is 6.54 Å². The number of benzene rings is 1. The summed E-state index contributed by atoms with van der Waals surface area (Å²) in [4.78, 5) is 14.8. The molecule has 5 nitrogen and oxygen atoms in total. The van der Waals surface area contributed by atoms with Crippen LogP contribution >= 0.6 is 0 Å². The number of hydrogen-bond donors (Lipinski definition) is 2. The van der Waals surface area contributed by atoms with E-state index in [1.807, 2.05) is 24.3 Å². The van der Waals surface area contributed by atoms with Crippen molar-refractivity contribution in [2.24, 2.45) is 10.7 Å². The summed E-state index contributed by atoms with van der Waals surface area (Å²) in [6.07, 6.45) is -0.105. The van der Waals surface area contributed by atoms with Crippen molar-refractivity contribution in [2.75, 3.05) is 11.9 Å². The predicted molar refractivity (Wildman–Crippen MR) is 61.1 cm³/mol. The zero-order chi connectivity index (χ0) is 11.5. The Kier molecular flexibility index (Phi) is 2.76. The molecule has 0 saturated carbocycles. The lowest BCUT2D eigenvalue weighted by Gasteiger charge is -2.10. The molecule has 1 aromatic rings. The van der Waals surface area contributed by atoms with Crippen LogP contribution < -0.4 is 11.1 Å². The van der Waals surface area contributed by atoms with Crippen LogP contribution in [0.5, 0.6) is 0 Å². The summed E-state index contributed by atoms with van der Waals surface area (Å²) in [6.45, 7) is 2.02. The summed E-state index contributed by atoms with van der Waals surface area (Å²) in [5, 5.41) is 2.70. The van der Waals surface area contributed by atoms with E-state index in [0.29, 0.717) is 6.54 Å². The minimum absolute atomic E-state index is 0.0857. The molecule has 3 N–H and O–H groups in total. The van der Waals surface area contributed by atoms with E-state index in [4.69, 9.17) is 10.5 Å². The van der Waals surface area contributed by atoms with Gasteiger partial charge in [-0.3, -0.25) is 4.79 Å². The number of carbonyl (C=O) groups is 1. The molecule has 16 heavy (non-hydrogen) atoms. The first kappa shape index (κ1) is 10.5. The summed E-state index contributed by atoms with van der Waals surface area (Å²) < 4.78 is 5.31. The standard InChI is InChI=1S/C11H13N3O2/c1-7(15)14-9-4-2-8(3-5-9)10-6-13-11(12)16-10/h2-5,10H,6H2,1H3,(H2,12,13)(H,14,15). The highest BCUT2D eigenvalue weighted by molar-refractivity contribution is 5.88. The first-order valence-electron chi connectivity index (χ1n) is 4.99. The Bertz CT molecular complexity index is 425. The van der Waals surface area contributed by atoms with Crippen LogP contribution in [-0.4, -0.2) is 18.5 Å². The van der Waals surface area contributed by atoms with E-state index in [0.717, 1.165) is 11.3 Å². The lowest BCUT2D eigenvalue weighted by molar-refractivity contribution is -0.114. The molecular formula is C11H13N3O2. The Hall–Kier alpha value is -2.04. The third-order valence-electron chi connectivity index (χ3n) is 2.28. The van der Waals surface area contributed by atoms with E-state index < -0.39 is 0 Å². The number of amides is 1. The second kappa shape index (κ2) is 4.22. The fourth-order valence-electron chi connectivity index (χ4n) is 1.55. The van der Waals surface area contributed by atoms with E-state index in [2.05, 4.69) is 10.3 Å². The van der Waals surface area contributed by atoms with Gasteiger partial charge in [-0.2, -0.15) is 0 Å². The maximum absolute atomic E-state index is 10.8. The van der Waals surface area contributed by atoms with E-state index in [-0.39, 0.29) is 18.0 Å². The van der Waals surface area contributed by atoms with Crippen LogP contribution in [0.25, 0.3) is 0 Å². The Balaban J connectivity index is 2.05. The first-order valence-corrected chi connectivity index (χ1v) is 4.99. The Morgan fingerprint density at radius 1 is 1.50 bits per heavy atom.